The van der Waals surface area contributed by atoms with Gasteiger partial charge in [0.15, 0.2) is 0 Å². The fourth-order valence-corrected chi connectivity index (χ4v) is 1.19. The molecule has 0 fully saturated rings. The smallest absolute Gasteiger partial charge is 0.308 e. The number of H-pyrrole nitrogens is 1. The number of nitrogens with one attached hydrogen (secondary N) is 1. The van der Waals surface area contributed by atoms with Crippen molar-refractivity contribution in [1.29, 1.82) is 0 Å². The number of rotatable bonds is 4. The molecule has 0 spiro atoms. The largest absolute Gasteiger partial charge is 0.495 e. The average molecular weight is 233 g/mol. The van der Waals surface area contributed by atoms with Crippen molar-refractivity contribution >= 4 is 5.97 Å². The predicted octanol–water partition coefficient (Wildman–Crippen LogP) is 0.948. The van der Waals surface area contributed by atoms with E-state index in [4.69, 9.17) is 5.11 Å². The van der Waals surface area contributed by atoms with Crippen LogP contribution in [0.1, 0.15) is 17.7 Å². The lowest BCUT2D eigenvalue weighted by atomic mass is 10.2. The zero-order valence-electron chi connectivity index (χ0n) is 8.29. The number of pyridine rings is 1. The normalized spacial score (nSPS) is 10.5. The van der Waals surface area contributed by atoms with Crippen molar-refractivity contribution in [3.8, 4) is 5.75 Å². The monoisotopic (exact) mass is 233 g/mol. The highest BCUT2D eigenvalue weighted by Gasteiger charge is 2.18. The average Bonchev–Trinajstić information content (AvgIpc) is 2.19. The molecule has 1 aromatic rings. The molecule has 0 bridgehead atoms. The van der Waals surface area contributed by atoms with Crippen molar-refractivity contribution in [2.24, 2.45) is 0 Å². The fourth-order valence-electron chi connectivity index (χ4n) is 1.19. The molecule has 0 aliphatic heterocycles. The molecule has 0 saturated heterocycles. The van der Waals surface area contributed by atoms with Crippen molar-refractivity contribution in [3.05, 3.63) is 27.7 Å². The van der Waals surface area contributed by atoms with Gasteiger partial charge in [0.05, 0.1) is 13.5 Å². The molecule has 88 valence electrons. The van der Waals surface area contributed by atoms with Gasteiger partial charge in [0.2, 0.25) is 0 Å². The lowest BCUT2D eigenvalue weighted by Crippen LogP contribution is -2.18. The molecule has 0 saturated carbocycles. The van der Waals surface area contributed by atoms with Gasteiger partial charge in [-0.2, -0.15) is 0 Å². The van der Waals surface area contributed by atoms with Crippen LogP contribution in [0.4, 0.5) is 8.78 Å². The van der Waals surface area contributed by atoms with Gasteiger partial charge in [-0.05, 0) is 6.07 Å². The highest BCUT2D eigenvalue weighted by Crippen LogP contribution is 2.25. The maximum Gasteiger partial charge on any atom is 0.308 e. The zero-order chi connectivity index (χ0) is 12.3. The van der Waals surface area contributed by atoms with E-state index in [2.05, 4.69) is 4.74 Å². The molecule has 0 aromatic carbocycles. The summed E-state index contributed by atoms with van der Waals surface area (Å²) in [6, 6.07) is 1.01. The summed E-state index contributed by atoms with van der Waals surface area (Å²) >= 11 is 0. The third kappa shape index (κ3) is 2.56. The van der Waals surface area contributed by atoms with E-state index >= 15 is 0 Å². The molecule has 5 nitrogen and oxygen atoms in total. The number of carboxylic acids is 1. The number of aliphatic carboxylic acids is 1. The number of alkyl halides is 2. The Hall–Kier alpha value is -1.92. The predicted molar refractivity (Wildman–Crippen MR) is 49.9 cm³/mol. The molecule has 0 aliphatic rings. The number of aromatic amines is 1. The van der Waals surface area contributed by atoms with E-state index in [1.165, 1.54) is 0 Å². The van der Waals surface area contributed by atoms with E-state index in [9.17, 15) is 18.4 Å². The van der Waals surface area contributed by atoms with Crippen molar-refractivity contribution in [2.45, 2.75) is 12.8 Å². The first-order valence-corrected chi connectivity index (χ1v) is 4.25. The van der Waals surface area contributed by atoms with Gasteiger partial charge < -0.3 is 14.8 Å². The Morgan fingerprint density at radius 3 is 2.69 bits per heavy atom. The molecule has 0 atom stereocenters. The van der Waals surface area contributed by atoms with Gasteiger partial charge in [-0.1, -0.05) is 0 Å². The van der Waals surface area contributed by atoms with Crippen LogP contribution >= 0.6 is 0 Å². The Morgan fingerprint density at radius 1 is 1.62 bits per heavy atom. The highest BCUT2D eigenvalue weighted by atomic mass is 19.3. The molecule has 0 amide bonds. The standard InChI is InChI=1S/C9H9F2NO4/c1-16-5-2-4(3-6(13)14)9(15)12-7(5)8(10)11/h2,8H,3H2,1H3,(H,12,15)(H,13,14). The van der Waals surface area contributed by atoms with Crippen LogP contribution in [0.2, 0.25) is 0 Å². The number of halogens is 2. The van der Waals surface area contributed by atoms with Gasteiger partial charge in [0.1, 0.15) is 11.4 Å². The van der Waals surface area contributed by atoms with Crippen LogP contribution in [0.25, 0.3) is 0 Å². The topological polar surface area (TPSA) is 79.4 Å². The van der Waals surface area contributed by atoms with Crippen molar-refractivity contribution in [3.63, 3.8) is 0 Å². The second-order valence-electron chi connectivity index (χ2n) is 2.98. The maximum atomic E-state index is 12.4. The minimum atomic E-state index is -2.89. The van der Waals surface area contributed by atoms with E-state index in [1.807, 2.05) is 4.98 Å². The van der Waals surface area contributed by atoms with E-state index in [-0.39, 0.29) is 11.3 Å². The molecule has 1 heterocycles. The van der Waals surface area contributed by atoms with Gasteiger partial charge >= 0.3 is 5.97 Å². The number of hydrogen-bond acceptors (Lipinski definition) is 3. The van der Waals surface area contributed by atoms with Gasteiger partial charge in [-0.15, -0.1) is 0 Å². The molecule has 0 radical (unpaired) electrons. The first-order chi connectivity index (χ1) is 7.45. The summed E-state index contributed by atoms with van der Waals surface area (Å²) in [7, 11) is 1.16. The zero-order valence-corrected chi connectivity index (χ0v) is 8.29. The van der Waals surface area contributed by atoms with Crippen LogP contribution in [0.3, 0.4) is 0 Å². The van der Waals surface area contributed by atoms with Crippen molar-refractivity contribution in [1.82, 2.24) is 4.98 Å². The van der Waals surface area contributed by atoms with Gasteiger partial charge in [0.25, 0.3) is 12.0 Å². The van der Waals surface area contributed by atoms with E-state index < -0.39 is 30.1 Å². The molecule has 1 rings (SSSR count). The summed E-state index contributed by atoms with van der Waals surface area (Å²) in [6.45, 7) is 0. The van der Waals surface area contributed by atoms with Crippen molar-refractivity contribution in [2.75, 3.05) is 7.11 Å². The minimum Gasteiger partial charge on any atom is -0.495 e. The molecular weight excluding hydrogens is 224 g/mol. The molecule has 0 unspecified atom stereocenters. The Bertz CT molecular complexity index is 455. The number of ether oxygens (including phenoxy) is 1. The van der Waals surface area contributed by atoms with Crippen LogP contribution in [0.5, 0.6) is 5.75 Å². The molecule has 7 heteroatoms. The molecular formula is C9H9F2NO4. The Kier molecular flexibility index (Phi) is 3.60. The van der Waals surface area contributed by atoms with E-state index in [0.717, 1.165) is 13.2 Å². The Labute approximate surface area is 88.7 Å². The van der Waals surface area contributed by atoms with Crippen LogP contribution in [0, 0.1) is 0 Å². The number of hydrogen-bond donors (Lipinski definition) is 2. The molecule has 0 aliphatic carbocycles. The lowest BCUT2D eigenvalue weighted by molar-refractivity contribution is -0.136. The third-order valence-corrected chi connectivity index (χ3v) is 1.89. The van der Waals surface area contributed by atoms with Gasteiger partial charge in [-0.25, -0.2) is 8.78 Å². The molecule has 16 heavy (non-hydrogen) atoms. The van der Waals surface area contributed by atoms with Gasteiger partial charge in [0, 0.05) is 5.56 Å². The first-order valence-electron chi connectivity index (χ1n) is 4.25. The molecule has 1 aromatic heterocycles. The summed E-state index contributed by atoms with van der Waals surface area (Å²) in [5.74, 6) is -1.46. The van der Waals surface area contributed by atoms with Crippen LogP contribution in [0.15, 0.2) is 10.9 Å². The summed E-state index contributed by atoms with van der Waals surface area (Å²) < 4.78 is 29.5. The number of aromatic nitrogens is 1. The third-order valence-electron chi connectivity index (χ3n) is 1.89. The molecule has 2 N–H and O–H groups in total. The maximum absolute atomic E-state index is 12.4. The summed E-state index contributed by atoms with van der Waals surface area (Å²) in [4.78, 5) is 23.5. The fraction of sp³-hybridized carbons (Fsp3) is 0.333. The second kappa shape index (κ2) is 4.73. The first kappa shape index (κ1) is 12.2. The second-order valence-corrected chi connectivity index (χ2v) is 2.98. The lowest BCUT2D eigenvalue weighted by Gasteiger charge is -2.08. The van der Waals surface area contributed by atoms with Crippen LogP contribution < -0.4 is 10.3 Å². The Balaban J connectivity index is 3.26. The van der Waals surface area contributed by atoms with Crippen molar-refractivity contribution < 1.29 is 23.4 Å². The minimum absolute atomic E-state index is 0.131. The summed E-state index contributed by atoms with van der Waals surface area (Å²) in [6.07, 6.45) is -3.43. The highest BCUT2D eigenvalue weighted by molar-refractivity contribution is 5.70. The number of carbonyl (C=O) groups is 1. The summed E-state index contributed by atoms with van der Waals surface area (Å²) in [5.41, 5.74) is -1.63. The Morgan fingerprint density at radius 2 is 2.25 bits per heavy atom. The van der Waals surface area contributed by atoms with Crippen LogP contribution in [-0.4, -0.2) is 23.2 Å². The van der Waals surface area contributed by atoms with Gasteiger partial charge in [-0.3, -0.25) is 9.59 Å². The quantitative estimate of drug-likeness (QED) is 0.811. The van der Waals surface area contributed by atoms with E-state index in [1.54, 1.807) is 0 Å². The van der Waals surface area contributed by atoms with Crippen LogP contribution in [-0.2, 0) is 11.2 Å². The number of methoxy groups -OCH3 is 1. The number of carboxylic acid groups (broad SMARTS) is 1. The SMILES string of the molecule is COc1cc(CC(=O)O)c(=O)[nH]c1C(F)F. The van der Waals surface area contributed by atoms with E-state index in [0.29, 0.717) is 0 Å². The summed E-state index contributed by atoms with van der Waals surface area (Å²) in [5, 5.41) is 8.49.